The normalized spacial score (nSPS) is 24.1. The zero-order valence-corrected chi connectivity index (χ0v) is 11.6. The predicted octanol–water partition coefficient (Wildman–Crippen LogP) is 2.86. The molecule has 1 heterocycles. The van der Waals surface area contributed by atoms with Crippen LogP contribution in [0.2, 0.25) is 0 Å². The first-order valence-corrected chi connectivity index (χ1v) is 6.57. The van der Waals surface area contributed by atoms with E-state index in [2.05, 4.69) is 37.8 Å². The Kier molecular flexibility index (Phi) is 3.38. The maximum Gasteiger partial charge on any atom is 0.104 e. The standard InChI is InChI=1S/C14H20N2S/c1-9-6-11(3)16(8-9)12-4-5-13(14(15)17)10(2)7-12/h4-5,7,9,11H,6,8H2,1-3H3,(H2,15,17). The Balaban J connectivity index is 2.29. The summed E-state index contributed by atoms with van der Waals surface area (Å²) in [6.07, 6.45) is 1.27. The molecule has 3 heteroatoms. The highest BCUT2D eigenvalue weighted by Crippen LogP contribution is 2.29. The summed E-state index contributed by atoms with van der Waals surface area (Å²) < 4.78 is 0. The van der Waals surface area contributed by atoms with E-state index in [9.17, 15) is 0 Å². The van der Waals surface area contributed by atoms with Gasteiger partial charge >= 0.3 is 0 Å². The lowest BCUT2D eigenvalue weighted by atomic mass is 10.1. The van der Waals surface area contributed by atoms with Crippen molar-refractivity contribution >= 4 is 22.9 Å². The topological polar surface area (TPSA) is 29.3 Å². The van der Waals surface area contributed by atoms with Gasteiger partial charge in [-0.25, -0.2) is 0 Å². The van der Waals surface area contributed by atoms with E-state index in [1.165, 1.54) is 17.7 Å². The van der Waals surface area contributed by atoms with Crippen LogP contribution in [0.3, 0.4) is 0 Å². The first-order valence-electron chi connectivity index (χ1n) is 6.16. The molecule has 1 aromatic carbocycles. The Morgan fingerprint density at radius 3 is 2.59 bits per heavy atom. The molecule has 17 heavy (non-hydrogen) atoms. The minimum atomic E-state index is 0.483. The fourth-order valence-electron chi connectivity index (χ4n) is 2.76. The SMILES string of the molecule is Cc1cc(N2CC(C)CC2C)ccc1C(N)=S. The maximum atomic E-state index is 5.69. The van der Waals surface area contributed by atoms with Crippen molar-refractivity contribution in [2.45, 2.75) is 33.2 Å². The molecule has 1 saturated heterocycles. The van der Waals surface area contributed by atoms with Gasteiger partial charge in [0.05, 0.1) is 0 Å². The number of hydrogen-bond donors (Lipinski definition) is 1. The zero-order valence-electron chi connectivity index (χ0n) is 10.7. The second kappa shape index (κ2) is 4.65. The smallest absolute Gasteiger partial charge is 0.104 e. The molecule has 2 rings (SSSR count). The van der Waals surface area contributed by atoms with Gasteiger partial charge in [0.15, 0.2) is 0 Å². The first kappa shape index (κ1) is 12.4. The van der Waals surface area contributed by atoms with Gasteiger partial charge < -0.3 is 10.6 Å². The van der Waals surface area contributed by atoms with Gasteiger partial charge in [0.2, 0.25) is 0 Å². The molecular weight excluding hydrogens is 228 g/mol. The summed E-state index contributed by atoms with van der Waals surface area (Å²) in [5, 5.41) is 0. The highest BCUT2D eigenvalue weighted by atomic mass is 32.1. The van der Waals surface area contributed by atoms with E-state index in [0.717, 1.165) is 18.0 Å². The van der Waals surface area contributed by atoms with E-state index in [-0.39, 0.29) is 0 Å². The van der Waals surface area contributed by atoms with E-state index in [1.807, 2.05) is 6.07 Å². The van der Waals surface area contributed by atoms with E-state index in [4.69, 9.17) is 18.0 Å². The number of benzene rings is 1. The molecule has 0 bridgehead atoms. The van der Waals surface area contributed by atoms with Gasteiger partial charge in [-0.15, -0.1) is 0 Å². The molecule has 1 fully saturated rings. The van der Waals surface area contributed by atoms with Crippen LogP contribution in [0.4, 0.5) is 5.69 Å². The van der Waals surface area contributed by atoms with Crippen molar-refractivity contribution in [3.63, 3.8) is 0 Å². The first-order chi connectivity index (χ1) is 7.99. The van der Waals surface area contributed by atoms with Crippen LogP contribution in [-0.4, -0.2) is 17.6 Å². The number of nitrogens with zero attached hydrogens (tertiary/aromatic N) is 1. The van der Waals surface area contributed by atoms with Crippen LogP contribution in [0.5, 0.6) is 0 Å². The van der Waals surface area contributed by atoms with Crippen molar-refractivity contribution in [3.8, 4) is 0 Å². The lowest BCUT2D eigenvalue weighted by Crippen LogP contribution is -2.26. The summed E-state index contributed by atoms with van der Waals surface area (Å²) in [5.74, 6) is 0.778. The van der Waals surface area contributed by atoms with Crippen LogP contribution in [0.25, 0.3) is 0 Å². The summed E-state index contributed by atoms with van der Waals surface area (Å²) in [7, 11) is 0. The van der Waals surface area contributed by atoms with Crippen molar-refractivity contribution in [2.24, 2.45) is 11.7 Å². The lowest BCUT2D eigenvalue weighted by Gasteiger charge is -2.24. The summed E-state index contributed by atoms with van der Waals surface area (Å²) in [6.45, 7) is 7.82. The molecule has 2 N–H and O–H groups in total. The zero-order chi connectivity index (χ0) is 12.6. The van der Waals surface area contributed by atoms with Crippen molar-refractivity contribution in [2.75, 3.05) is 11.4 Å². The van der Waals surface area contributed by atoms with Gasteiger partial charge in [-0.2, -0.15) is 0 Å². The average Bonchev–Trinajstić information content (AvgIpc) is 2.57. The monoisotopic (exact) mass is 248 g/mol. The second-order valence-electron chi connectivity index (χ2n) is 5.21. The number of aryl methyl sites for hydroxylation is 1. The second-order valence-corrected chi connectivity index (χ2v) is 5.65. The summed E-state index contributed by atoms with van der Waals surface area (Å²) in [6, 6.07) is 7.00. The van der Waals surface area contributed by atoms with Crippen LogP contribution in [-0.2, 0) is 0 Å². The fraction of sp³-hybridized carbons (Fsp3) is 0.500. The van der Waals surface area contributed by atoms with Crippen molar-refractivity contribution in [3.05, 3.63) is 29.3 Å². The molecule has 1 aromatic rings. The molecule has 1 aliphatic heterocycles. The molecule has 0 saturated carbocycles. The van der Waals surface area contributed by atoms with Crippen LogP contribution in [0.1, 0.15) is 31.4 Å². The molecular formula is C14H20N2S. The predicted molar refractivity (Wildman–Crippen MR) is 77.7 cm³/mol. The minimum absolute atomic E-state index is 0.483. The van der Waals surface area contributed by atoms with Crippen molar-refractivity contribution in [1.29, 1.82) is 0 Å². The van der Waals surface area contributed by atoms with Crippen molar-refractivity contribution < 1.29 is 0 Å². The van der Waals surface area contributed by atoms with E-state index < -0.39 is 0 Å². The van der Waals surface area contributed by atoms with Crippen LogP contribution >= 0.6 is 12.2 Å². The lowest BCUT2D eigenvalue weighted by molar-refractivity contribution is 0.625. The minimum Gasteiger partial charge on any atom is -0.389 e. The van der Waals surface area contributed by atoms with Gasteiger partial charge in [-0.1, -0.05) is 19.1 Å². The Morgan fingerprint density at radius 1 is 1.41 bits per heavy atom. The molecule has 0 aromatic heterocycles. The molecule has 1 aliphatic rings. The number of rotatable bonds is 2. The van der Waals surface area contributed by atoms with Gasteiger partial charge in [0.25, 0.3) is 0 Å². The third kappa shape index (κ3) is 2.44. The van der Waals surface area contributed by atoms with Crippen LogP contribution in [0, 0.1) is 12.8 Å². The number of anilines is 1. The number of thiocarbonyl (C=S) groups is 1. The van der Waals surface area contributed by atoms with Crippen LogP contribution < -0.4 is 10.6 Å². The van der Waals surface area contributed by atoms with Crippen LogP contribution in [0.15, 0.2) is 18.2 Å². The van der Waals surface area contributed by atoms with Gasteiger partial charge in [0, 0.05) is 23.8 Å². The average molecular weight is 248 g/mol. The third-order valence-corrected chi connectivity index (χ3v) is 3.81. The summed E-state index contributed by atoms with van der Waals surface area (Å²) in [4.78, 5) is 2.96. The third-order valence-electron chi connectivity index (χ3n) is 3.59. The Bertz CT molecular complexity index is 442. The molecule has 0 amide bonds. The van der Waals surface area contributed by atoms with Gasteiger partial charge in [-0.3, -0.25) is 0 Å². The Morgan fingerprint density at radius 2 is 2.12 bits per heavy atom. The highest BCUT2D eigenvalue weighted by Gasteiger charge is 2.26. The summed E-state index contributed by atoms with van der Waals surface area (Å²) in [5.41, 5.74) is 9.13. The molecule has 2 nitrogen and oxygen atoms in total. The molecule has 2 atom stereocenters. The van der Waals surface area contributed by atoms with E-state index >= 15 is 0 Å². The molecule has 92 valence electrons. The Hall–Kier alpha value is -1.09. The molecule has 0 radical (unpaired) electrons. The number of hydrogen-bond acceptors (Lipinski definition) is 2. The fourth-order valence-corrected chi connectivity index (χ4v) is 2.99. The largest absolute Gasteiger partial charge is 0.389 e. The molecule has 0 aliphatic carbocycles. The molecule has 2 unspecified atom stereocenters. The van der Waals surface area contributed by atoms with Gasteiger partial charge in [0.1, 0.15) is 4.99 Å². The van der Waals surface area contributed by atoms with Crippen molar-refractivity contribution in [1.82, 2.24) is 0 Å². The maximum absolute atomic E-state index is 5.69. The van der Waals surface area contributed by atoms with Gasteiger partial charge in [-0.05, 0) is 49.9 Å². The molecule has 0 spiro atoms. The summed E-state index contributed by atoms with van der Waals surface area (Å²) >= 11 is 5.03. The number of nitrogens with two attached hydrogens (primary N) is 1. The Labute approximate surface area is 109 Å². The van der Waals surface area contributed by atoms with E-state index in [0.29, 0.717) is 11.0 Å². The quantitative estimate of drug-likeness (QED) is 0.816. The van der Waals surface area contributed by atoms with E-state index in [1.54, 1.807) is 0 Å². The highest BCUT2D eigenvalue weighted by molar-refractivity contribution is 7.80.